The number of nitrogens with zero attached hydrogens (tertiary/aromatic N) is 1. The summed E-state index contributed by atoms with van der Waals surface area (Å²) in [7, 11) is 0. The van der Waals surface area contributed by atoms with Crippen molar-refractivity contribution in [2.24, 2.45) is 28.3 Å². The second kappa shape index (κ2) is 34.7. The molecule has 0 spiro atoms. The summed E-state index contributed by atoms with van der Waals surface area (Å²) >= 11 is 0. The lowest BCUT2D eigenvalue weighted by Gasteiger charge is -2.29. The standard InChI is InChI=1S/C60H82N12O15/c1-34(2)26-43(53(80)70-47(57(84)72-49(33-74)59(86)87)30-38-31-64-41-17-10-9-16-40(38)41)67-55(82)46(29-37-19-21-39(75)22-20-37)68-52(79)42(18-11-25-63-60(61)62)66-58(85)48(32-73)71-56(83)45(28-36-14-7-4-8-15-36)69-54(81)44(27-35-12-5-3-6-13-35)65-50(76)23-24-51(77)78/h4,7-10,14-17,19-22,31,34-35,42-49,64,73-75H,3,5-6,11-13,18,23-30,32-33H2,1-2H3,(H,65,76)(H,66,85)(H,67,82)(H,68,79)(H,69,81)(H,70,80)(H,71,83)(H,72,84)(H,77,78)(H,86,87)(H4,61,62,63)/t42?,43-,44-,45?,46-,47-,48?,49-/m0/s1. The second-order valence-electron chi connectivity index (χ2n) is 22.1. The SMILES string of the molecule is CC(C)C[C@H](NC(=O)[C@H](Cc1ccc(O)cc1)NC(=O)C(CCCN=C(N)N)NC(=O)C(CO)NC(=O)C(Cc1ccccc1)NC(=O)[C@H](CC1CCCCC1)NC(=O)CCC(=O)O)C(=O)N[C@@H](Cc1c[nH]c2ccccc12)C(=O)N[C@@H](CO)C(=O)O. The molecule has 1 saturated carbocycles. The molecule has 1 aliphatic rings. The molecule has 3 unspecified atom stereocenters. The summed E-state index contributed by atoms with van der Waals surface area (Å²) in [5.74, 6) is -10.5. The minimum atomic E-state index is -1.76. The van der Waals surface area contributed by atoms with Crippen LogP contribution in [-0.4, -0.2) is 164 Å². The van der Waals surface area contributed by atoms with E-state index in [0.717, 1.165) is 32.1 Å². The van der Waals surface area contributed by atoms with Crippen LogP contribution in [0.15, 0.2) is 90.1 Å². The number of aliphatic hydroxyl groups excluding tert-OH is 2. The third-order valence-electron chi connectivity index (χ3n) is 14.7. The van der Waals surface area contributed by atoms with Crippen molar-refractivity contribution < 1.29 is 73.5 Å². The van der Waals surface area contributed by atoms with E-state index in [1.165, 1.54) is 24.3 Å². The summed E-state index contributed by atoms with van der Waals surface area (Å²) in [6.45, 7) is 1.51. The molecule has 1 heterocycles. The van der Waals surface area contributed by atoms with E-state index < -0.39 is 134 Å². The fraction of sp³-hybridized carbons (Fsp3) is 0.483. The number of aromatic nitrogens is 1. The van der Waals surface area contributed by atoms with Crippen LogP contribution < -0.4 is 54.0 Å². The van der Waals surface area contributed by atoms with E-state index in [-0.39, 0.29) is 75.0 Å². The molecule has 4 aromatic rings. The molecular weight excluding hydrogens is 1130 g/mol. The van der Waals surface area contributed by atoms with Gasteiger partial charge in [-0.3, -0.25) is 48.1 Å². The van der Waals surface area contributed by atoms with E-state index in [0.29, 0.717) is 27.6 Å². The zero-order valence-electron chi connectivity index (χ0n) is 48.8. The number of carboxylic acid groups (broad SMARTS) is 2. The number of aromatic hydroxyl groups is 1. The largest absolute Gasteiger partial charge is 0.508 e. The maximum atomic E-state index is 14.7. The van der Waals surface area contributed by atoms with Crippen molar-refractivity contribution in [2.45, 2.75) is 152 Å². The van der Waals surface area contributed by atoms with Gasteiger partial charge in [0.2, 0.25) is 47.3 Å². The minimum Gasteiger partial charge on any atom is -0.508 e. The molecule has 3 aromatic carbocycles. The monoisotopic (exact) mass is 1210 g/mol. The van der Waals surface area contributed by atoms with Crippen LogP contribution in [-0.2, 0) is 67.2 Å². The highest BCUT2D eigenvalue weighted by molar-refractivity contribution is 5.98. The Morgan fingerprint density at radius 3 is 1.63 bits per heavy atom. The zero-order valence-corrected chi connectivity index (χ0v) is 48.8. The van der Waals surface area contributed by atoms with Crippen molar-refractivity contribution in [1.82, 2.24) is 47.5 Å². The number of aliphatic imine (C=N–C) groups is 1. The molecule has 8 amide bonds. The predicted octanol–water partition coefficient (Wildman–Crippen LogP) is -0.216. The Morgan fingerprint density at radius 1 is 0.563 bits per heavy atom. The van der Waals surface area contributed by atoms with Gasteiger partial charge in [0.15, 0.2) is 5.96 Å². The molecule has 1 aromatic heterocycles. The Balaban J connectivity index is 1.40. The average Bonchev–Trinajstić information content (AvgIpc) is 3.90. The molecule has 1 aliphatic carbocycles. The Labute approximate surface area is 503 Å². The number of fused-ring (bicyclic) bond motifs is 1. The van der Waals surface area contributed by atoms with Crippen LogP contribution in [0.3, 0.4) is 0 Å². The number of hydrogen-bond acceptors (Lipinski definition) is 14. The Bertz CT molecular complexity index is 3000. The summed E-state index contributed by atoms with van der Waals surface area (Å²) in [4.78, 5) is 144. The van der Waals surface area contributed by atoms with Gasteiger partial charge in [-0.2, -0.15) is 0 Å². The molecule has 27 nitrogen and oxygen atoms in total. The molecule has 0 bridgehead atoms. The van der Waals surface area contributed by atoms with Crippen LogP contribution >= 0.6 is 0 Å². The van der Waals surface area contributed by atoms with E-state index in [1.807, 2.05) is 0 Å². The zero-order chi connectivity index (χ0) is 63.6. The van der Waals surface area contributed by atoms with Crippen LogP contribution in [0.25, 0.3) is 10.9 Å². The van der Waals surface area contributed by atoms with Crippen LogP contribution in [0.5, 0.6) is 5.75 Å². The number of aliphatic carboxylic acids is 2. The van der Waals surface area contributed by atoms with Crippen molar-refractivity contribution in [3.8, 4) is 5.75 Å². The molecule has 0 saturated heterocycles. The Hall–Kier alpha value is -9.11. The number of phenolic OH excluding ortho intramolecular Hbond substituents is 1. The van der Waals surface area contributed by atoms with Crippen LogP contribution in [0.2, 0.25) is 0 Å². The number of hydrogen-bond donors (Lipinski definition) is 16. The van der Waals surface area contributed by atoms with Gasteiger partial charge in [0.1, 0.15) is 54.1 Å². The van der Waals surface area contributed by atoms with Gasteiger partial charge in [0.25, 0.3) is 0 Å². The molecule has 472 valence electrons. The van der Waals surface area contributed by atoms with Gasteiger partial charge in [-0.05, 0) is 72.4 Å². The van der Waals surface area contributed by atoms with Crippen molar-refractivity contribution in [1.29, 1.82) is 0 Å². The van der Waals surface area contributed by atoms with E-state index in [1.54, 1.807) is 74.6 Å². The smallest absolute Gasteiger partial charge is 0.328 e. The highest BCUT2D eigenvalue weighted by Crippen LogP contribution is 2.28. The lowest BCUT2D eigenvalue weighted by Crippen LogP contribution is -2.61. The van der Waals surface area contributed by atoms with E-state index in [9.17, 15) is 73.5 Å². The summed E-state index contributed by atoms with van der Waals surface area (Å²) in [6.07, 6.45) is 4.66. The third-order valence-corrected chi connectivity index (χ3v) is 14.7. The van der Waals surface area contributed by atoms with Crippen molar-refractivity contribution in [3.63, 3.8) is 0 Å². The lowest BCUT2D eigenvalue weighted by molar-refractivity contribution is -0.143. The quantitative estimate of drug-likeness (QED) is 0.0161. The number of rotatable bonds is 35. The van der Waals surface area contributed by atoms with E-state index in [4.69, 9.17) is 11.5 Å². The fourth-order valence-electron chi connectivity index (χ4n) is 10.1. The Morgan fingerprint density at radius 2 is 1.06 bits per heavy atom. The second-order valence-corrected chi connectivity index (χ2v) is 22.1. The van der Waals surface area contributed by atoms with E-state index >= 15 is 0 Å². The van der Waals surface area contributed by atoms with Gasteiger partial charge in [0.05, 0.1) is 19.6 Å². The molecule has 0 aliphatic heterocycles. The molecule has 27 heteroatoms. The van der Waals surface area contributed by atoms with Gasteiger partial charge >= 0.3 is 11.9 Å². The number of carbonyl (C=O) groups is 10. The summed E-state index contributed by atoms with van der Waals surface area (Å²) in [5.41, 5.74) is 13.4. The van der Waals surface area contributed by atoms with Gasteiger partial charge in [-0.1, -0.05) is 107 Å². The molecule has 1 fully saturated rings. The number of benzene rings is 3. The molecule has 87 heavy (non-hydrogen) atoms. The van der Waals surface area contributed by atoms with Crippen molar-refractivity contribution in [2.75, 3.05) is 19.8 Å². The number of carbonyl (C=O) groups excluding carboxylic acids is 8. The molecule has 5 rings (SSSR count). The van der Waals surface area contributed by atoms with Crippen LogP contribution in [0, 0.1) is 11.8 Å². The number of nitrogens with one attached hydrogen (secondary N) is 9. The summed E-state index contributed by atoms with van der Waals surface area (Å²) in [5, 5.41) is 70.7. The first-order valence-electron chi connectivity index (χ1n) is 29.0. The molecule has 18 N–H and O–H groups in total. The maximum absolute atomic E-state index is 14.7. The summed E-state index contributed by atoms with van der Waals surface area (Å²) < 4.78 is 0. The number of nitrogens with two attached hydrogens (primary N) is 2. The topological polar surface area (TPSA) is 448 Å². The third kappa shape index (κ3) is 23.0. The highest BCUT2D eigenvalue weighted by Gasteiger charge is 2.36. The number of H-pyrrole nitrogens is 1. The molecule has 8 atom stereocenters. The molecule has 0 radical (unpaired) electrons. The lowest BCUT2D eigenvalue weighted by atomic mass is 9.84. The predicted molar refractivity (Wildman–Crippen MR) is 319 cm³/mol. The van der Waals surface area contributed by atoms with Crippen LogP contribution in [0.4, 0.5) is 0 Å². The van der Waals surface area contributed by atoms with Crippen molar-refractivity contribution >= 4 is 76.1 Å². The number of aliphatic hydroxyl groups is 2. The first kappa shape index (κ1) is 68.7. The normalized spacial score (nSPS) is 15.1. The maximum Gasteiger partial charge on any atom is 0.328 e. The summed E-state index contributed by atoms with van der Waals surface area (Å²) in [6, 6.07) is 9.34. The number of carboxylic acids is 2. The van der Waals surface area contributed by atoms with Crippen molar-refractivity contribution in [3.05, 3.63) is 102 Å². The first-order valence-corrected chi connectivity index (χ1v) is 29.0. The van der Waals surface area contributed by atoms with Gasteiger partial charge in [-0.25, -0.2) is 4.79 Å². The van der Waals surface area contributed by atoms with Gasteiger partial charge in [-0.15, -0.1) is 0 Å². The van der Waals surface area contributed by atoms with Crippen LogP contribution in [0.1, 0.15) is 101 Å². The minimum absolute atomic E-state index is 0.0207. The number of guanidine groups is 1. The fourth-order valence-corrected chi connectivity index (χ4v) is 10.1. The van der Waals surface area contributed by atoms with Gasteiger partial charge < -0.3 is 84.5 Å². The number of para-hydroxylation sites is 1. The average molecular weight is 1210 g/mol. The van der Waals surface area contributed by atoms with Gasteiger partial charge in [0, 0.05) is 49.3 Å². The number of phenols is 1. The highest BCUT2D eigenvalue weighted by atomic mass is 16.4. The Kier molecular flexibility index (Phi) is 27.4. The number of aromatic amines is 1. The first-order chi connectivity index (χ1) is 41.5. The molecular formula is C60H82N12O15. The van der Waals surface area contributed by atoms with E-state index in [2.05, 4.69) is 52.5 Å². The number of amides is 8.